The van der Waals surface area contributed by atoms with Crippen molar-refractivity contribution in [1.29, 1.82) is 0 Å². The lowest BCUT2D eigenvalue weighted by Gasteiger charge is -2.28. The van der Waals surface area contributed by atoms with E-state index in [0.29, 0.717) is 0 Å². The van der Waals surface area contributed by atoms with Crippen LogP contribution in [0.1, 0.15) is 45.2 Å². The standard InChI is InChI=1S/C17H30N2/c1-14-7-6-8-15(11-14)17(4,5)13-19-10-9-16(2,3)12-18/h6-8,11,19H,9-10,12-13,18H2,1-5H3. The van der Waals surface area contributed by atoms with Gasteiger partial charge in [0.15, 0.2) is 0 Å². The van der Waals surface area contributed by atoms with Crippen LogP contribution in [0.2, 0.25) is 0 Å². The van der Waals surface area contributed by atoms with Gasteiger partial charge >= 0.3 is 0 Å². The third-order valence-electron chi connectivity index (χ3n) is 3.90. The summed E-state index contributed by atoms with van der Waals surface area (Å²) in [5, 5.41) is 3.58. The van der Waals surface area contributed by atoms with Gasteiger partial charge in [0.05, 0.1) is 0 Å². The molecule has 3 N–H and O–H groups in total. The lowest BCUT2D eigenvalue weighted by Crippen LogP contribution is -2.36. The van der Waals surface area contributed by atoms with Crippen molar-refractivity contribution in [1.82, 2.24) is 5.32 Å². The molecule has 0 radical (unpaired) electrons. The summed E-state index contributed by atoms with van der Waals surface area (Å²) in [6, 6.07) is 8.80. The van der Waals surface area contributed by atoms with E-state index in [1.54, 1.807) is 0 Å². The molecule has 0 heterocycles. The second-order valence-electron chi connectivity index (χ2n) is 7.05. The molecular weight excluding hydrogens is 232 g/mol. The van der Waals surface area contributed by atoms with E-state index in [2.05, 4.69) is 64.2 Å². The van der Waals surface area contributed by atoms with Crippen LogP contribution in [-0.2, 0) is 5.41 Å². The van der Waals surface area contributed by atoms with Crippen molar-refractivity contribution in [2.24, 2.45) is 11.1 Å². The molecule has 1 rings (SSSR count). The van der Waals surface area contributed by atoms with Crippen LogP contribution in [0.5, 0.6) is 0 Å². The van der Waals surface area contributed by atoms with Gasteiger partial charge in [-0.2, -0.15) is 0 Å². The van der Waals surface area contributed by atoms with Gasteiger partial charge in [-0.25, -0.2) is 0 Å². The van der Waals surface area contributed by atoms with Gasteiger partial charge in [-0.3, -0.25) is 0 Å². The van der Waals surface area contributed by atoms with E-state index >= 15 is 0 Å². The van der Waals surface area contributed by atoms with E-state index in [-0.39, 0.29) is 10.8 Å². The maximum absolute atomic E-state index is 5.75. The maximum Gasteiger partial charge on any atom is 0.00431 e. The zero-order valence-corrected chi connectivity index (χ0v) is 13.2. The van der Waals surface area contributed by atoms with E-state index in [4.69, 9.17) is 5.73 Å². The first-order chi connectivity index (χ1) is 8.77. The molecule has 1 aromatic carbocycles. The van der Waals surface area contributed by atoms with E-state index < -0.39 is 0 Å². The first kappa shape index (κ1) is 16.2. The van der Waals surface area contributed by atoms with Gasteiger partial charge in [0.25, 0.3) is 0 Å². The zero-order valence-electron chi connectivity index (χ0n) is 13.2. The van der Waals surface area contributed by atoms with E-state index in [9.17, 15) is 0 Å². The molecule has 0 fully saturated rings. The largest absolute Gasteiger partial charge is 0.330 e. The van der Waals surface area contributed by atoms with Crippen LogP contribution in [0.25, 0.3) is 0 Å². The van der Waals surface area contributed by atoms with Crippen molar-refractivity contribution in [3.63, 3.8) is 0 Å². The maximum atomic E-state index is 5.75. The molecule has 0 atom stereocenters. The molecule has 0 saturated carbocycles. The van der Waals surface area contributed by atoms with Gasteiger partial charge < -0.3 is 11.1 Å². The summed E-state index contributed by atoms with van der Waals surface area (Å²) in [5.41, 5.74) is 8.89. The summed E-state index contributed by atoms with van der Waals surface area (Å²) in [7, 11) is 0. The summed E-state index contributed by atoms with van der Waals surface area (Å²) in [4.78, 5) is 0. The predicted molar refractivity (Wildman–Crippen MR) is 84.5 cm³/mol. The molecular formula is C17H30N2. The molecule has 0 aliphatic heterocycles. The fourth-order valence-electron chi connectivity index (χ4n) is 2.10. The van der Waals surface area contributed by atoms with Crippen LogP contribution >= 0.6 is 0 Å². The summed E-state index contributed by atoms with van der Waals surface area (Å²) < 4.78 is 0. The van der Waals surface area contributed by atoms with Crippen LogP contribution in [0.4, 0.5) is 0 Å². The van der Waals surface area contributed by atoms with Crippen molar-refractivity contribution in [3.8, 4) is 0 Å². The number of hydrogen-bond acceptors (Lipinski definition) is 2. The quantitative estimate of drug-likeness (QED) is 0.740. The molecule has 0 bridgehead atoms. The molecule has 0 saturated heterocycles. The normalized spacial score (nSPS) is 12.7. The fraction of sp³-hybridized carbons (Fsp3) is 0.647. The van der Waals surface area contributed by atoms with Gasteiger partial charge in [-0.05, 0) is 37.4 Å². The van der Waals surface area contributed by atoms with E-state index in [1.165, 1.54) is 11.1 Å². The Bertz CT molecular complexity index is 394. The average Bonchev–Trinajstić information content (AvgIpc) is 2.35. The lowest BCUT2D eigenvalue weighted by molar-refractivity contribution is 0.331. The molecule has 0 amide bonds. The van der Waals surface area contributed by atoms with Crippen molar-refractivity contribution in [2.45, 2.75) is 46.5 Å². The van der Waals surface area contributed by atoms with Crippen molar-refractivity contribution < 1.29 is 0 Å². The molecule has 2 heteroatoms. The molecule has 2 nitrogen and oxygen atoms in total. The van der Waals surface area contributed by atoms with Crippen molar-refractivity contribution in [2.75, 3.05) is 19.6 Å². The Hall–Kier alpha value is -0.860. The third kappa shape index (κ3) is 5.33. The Morgan fingerprint density at radius 2 is 1.84 bits per heavy atom. The Morgan fingerprint density at radius 3 is 2.42 bits per heavy atom. The van der Waals surface area contributed by atoms with E-state index in [1.807, 2.05) is 0 Å². The Labute approximate surface area is 118 Å². The minimum atomic E-state index is 0.166. The van der Waals surface area contributed by atoms with Gasteiger partial charge in [0.1, 0.15) is 0 Å². The number of rotatable bonds is 7. The number of aryl methyl sites for hydroxylation is 1. The second-order valence-corrected chi connectivity index (χ2v) is 7.05. The van der Waals surface area contributed by atoms with Crippen LogP contribution in [0.15, 0.2) is 24.3 Å². The fourth-order valence-corrected chi connectivity index (χ4v) is 2.10. The van der Waals surface area contributed by atoms with Crippen LogP contribution < -0.4 is 11.1 Å². The molecule has 19 heavy (non-hydrogen) atoms. The van der Waals surface area contributed by atoms with E-state index in [0.717, 1.165) is 26.1 Å². The molecule has 0 aliphatic rings. The SMILES string of the molecule is Cc1cccc(C(C)(C)CNCCC(C)(C)CN)c1. The molecule has 0 unspecified atom stereocenters. The summed E-state index contributed by atoms with van der Waals surface area (Å²) in [5.74, 6) is 0. The molecule has 1 aromatic rings. The Kier molecular flexibility index (Phi) is 5.57. The van der Waals surface area contributed by atoms with Gasteiger partial charge in [-0.1, -0.05) is 57.5 Å². The molecule has 108 valence electrons. The first-order valence-corrected chi connectivity index (χ1v) is 7.25. The first-order valence-electron chi connectivity index (χ1n) is 7.25. The number of benzene rings is 1. The monoisotopic (exact) mass is 262 g/mol. The lowest BCUT2D eigenvalue weighted by atomic mass is 9.83. The molecule has 0 aromatic heterocycles. The van der Waals surface area contributed by atoms with Crippen LogP contribution in [0.3, 0.4) is 0 Å². The second kappa shape index (κ2) is 6.53. The van der Waals surface area contributed by atoms with Gasteiger partial charge in [-0.15, -0.1) is 0 Å². The number of hydrogen-bond donors (Lipinski definition) is 2. The van der Waals surface area contributed by atoms with Crippen molar-refractivity contribution in [3.05, 3.63) is 35.4 Å². The van der Waals surface area contributed by atoms with Crippen LogP contribution in [0, 0.1) is 12.3 Å². The Morgan fingerprint density at radius 1 is 1.16 bits per heavy atom. The summed E-state index contributed by atoms with van der Waals surface area (Å²) >= 11 is 0. The number of nitrogens with two attached hydrogens (primary N) is 1. The smallest absolute Gasteiger partial charge is 0.00431 e. The van der Waals surface area contributed by atoms with Crippen molar-refractivity contribution >= 4 is 0 Å². The highest BCUT2D eigenvalue weighted by Crippen LogP contribution is 2.23. The highest BCUT2D eigenvalue weighted by Gasteiger charge is 2.21. The molecule has 0 aliphatic carbocycles. The third-order valence-corrected chi connectivity index (χ3v) is 3.90. The minimum absolute atomic E-state index is 0.166. The van der Waals surface area contributed by atoms with Crippen LogP contribution in [-0.4, -0.2) is 19.6 Å². The Balaban J connectivity index is 2.48. The topological polar surface area (TPSA) is 38.0 Å². The van der Waals surface area contributed by atoms with Gasteiger partial charge in [0.2, 0.25) is 0 Å². The average molecular weight is 262 g/mol. The number of nitrogens with one attached hydrogen (secondary N) is 1. The van der Waals surface area contributed by atoms with Gasteiger partial charge in [0, 0.05) is 12.0 Å². The summed E-state index contributed by atoms with van der Waals surface area (Å²) in [6.45, 7) is 14.0. The zero-order chi connectivity index (χ0) is 14.5. The minimum Gasteiger partial charge on any atom is -0.330 e. The highest BCUT2D eigenvalue weighted by molar-refractivity contribution is 5.28. The predicted octanol–water partition coefficient (Wildman–Crippen LogP) is 3.24. The highest BCUT2D eigenvalue weighted by atomic mass is 14.9. The molecule has 0 spiro atoms. The summed E-state index contributed by atoms with van der Waals surface area (Å²) in [6.07, 6.45) is 1.12.